The van der Waals surface area contributed by atoms with Crippen molar-refractivity contribution in [2.24, 2.45) is 0 Å². The molecule has 2 fully saturated rings. The van der Waals surface area contributed by atoms with E-state index in [9.17, 15) is 27.6 Å². The van der Waals surface area contributed by atoms with E-state index in [4.69, 9.17) is 4.52 Å². The maximum Gasteiger partial charge on any atom is 0.401 e. The molecule has 2 saturated heterocycles. The largest absolute Gasteiger partial charge is 0.401 e. The SMILES string of the molecule is CC(C)(c1n[nH]c(CNC(=O)c2cc(-c3ncc(-c4ncc(CN5CCN(c6cn7ncc(N8CCC(=O)NC8=O)c7cn6)CC5)cc4F)cn3)no2)n1)C(F)(F)F. The average molecular weight is 804 g/mol. The van der Waals surface area contributed by atoms with Gasteiger partial charge in [0, 0.05) is 75.9 Å². The van der Waals surface area contributed by atoms with Crippen LogP contribution in [0.15, 0.2) is 53.8 Å². The summed E-state index contributed by atoms with van der Waals surface area (Å²) in [4.78, 5) is 63.5. The number of amides is 4. The summed E-state index contributed by atoms with van der Waals surface area (Å²) in [5.74, 6) is -1.45. The predicted octanol–water partition coefficient (Wildman–Crippen LogP) is 3.03. The van der Waals surface area contributed by atoms with Gasteiger partial charge in [0.1, 0.15) is 34.1 Å². The second-order valence-corrected chi connectivity index (χ2v) is 14.1. The molecular formula is C35H33F4N15O4. The number of hydrogen-bond acceptors (Lipinski definition) is 14. The molecule has 6 aromatic heterocycles. The lowest BCUT2D eigenvalue weighted by Crippen LogP contribution is -2.49. The summed E-state index contributed by atoms with van der Waals surface area (Å²) in [6, 6.07) is 2.21. The first-order valence-corrected chi connectivity index (χ1v) is 17.9. The third-order valence-corrected chi connectivity index (χ3v) is 9.82. The molecule has 2 aliphatic heterocycles. The van der Waals surface area contributed by atoms with Crippen LogP contribution in [0.2, 0.25) is 0 Å². The van der Waals surface area contributed by atoms with Gasteiger partial charge in [-0.1, -0.05) is 5.16 Å². The number of piperazine rings is 1. The second kappa shape index (κ2) is 14.9. The molecule has 0 saturated carbocycles. The topological polar surface area (TPSA) is 221 Å². The molecular weight excluding hydrogens is 770 g/mol. The summed E-state index contributed by atoms with van der Waals surface area (Å²) in [6.07, 6.45) is 5.00. The van der Waals surface area contributed by atoms with Crippen molar-refractivity contribution in [2.75, 3.05) is 42.5 Å². The van der Waals surface area contributed by atoms with Crippen LogP contribution in [-0.4, -0.2) is 112 Å². The molecule has 2 aliphatic rings. The fourth-order valence-corrected chi connectivity index (χ4v) is 6.30. The summed E-state index contributed by atoms with van der Waals surface area (Å²) >= 11 is 0. The van der Waals surface area contributed by atoms with Crippen molar-refractivity contribution < 1.29 is 36.5 Å². The minimum absolute atomic E-state index is 0.00949. The molecule has 8 rings (SSSR count). The smallest absolute Gasteiger partial charge is 0.353 e. The number of pyridine rings is 1. The molecule has 3 N–H and O–H groups in total. The Hall–Kier alpha value is -6.91. The molecule has 0 unspecified atom stereocenters. The molecule has 0 aliphatic carbocycles. The number of fused-ring (bicyclic) bond motifs is 1. The summed E-state index contributed by atoms with van der Waals surface area (Å²) in [5.41, 5.74) is 0.0705. The van der Waals surface area contributed by atoms with Crippen LogP contribution in [0.25, 0.3) is 28.3 Å². The van der Waals surface area contributed by atoms with Gasteiger partial charge in [0.05, 0.1) is 30.8 Å². The van der Waals surface area contributed by atoms with Gasteiger partial charge in [0.2, 0.25) is 11.7 Å². The van der Waals surface area contributed by atoms with Gasteiger partial charge in [-0.2, -0.15) is 23.4 Å². The number of halogens is 4. The van der Waals surface area contributed by atoms with Crippen LogP contribution in [0.5, 0.6) is 0 Å². The number of H-pyrrole nitrogens is 1. The highest BCUT2D eigenvalue weighted by Gasteiger charge is 2.51. The predicted molar refractivity (Wildman–Crippen MR) is 193 cm³/mol. The standard InChI is InChI=1S/C35H33F4N15O4/c1-34(2,35(37,38)39)32-46-26(48-49-32)16-44-31(56)25-10-22(50-58-25)30-42-12-20(13-43-30)29-21(36)9-19(11-41-29)17-51-5-7-52(8-6-51)27-18-54-24(14-40-27)23(15-45-54)53-4-3-28(55)47-33(53)57/h9-15,18H,3-8,16-17H2,1-2H3,(H,44,56)(H,46,48,49)(H,47,55,57). The number of rotatable bonds is 10. The molecule has 300 valence electrons. The first-order chi connectivity index (χ1) is 27.7. The third kappa shape index (κ3) is 7.49. The minimum Gasteiger partial charge on any atom is -0.353 e. The monoisotopic (exact) mass is 803 g/mol. The summed E-state index contributed by atoms with van der Waals surface area (Å²) in [5, 5.41) is 19.0. The molecule has 23 heteroatoms. The second-order valence-electron chi connectivity index (χ2n) is 14.1. The normalized spacial score (nSPS) is 15.6. The van der Waals surface area contributed by atoms with E-state index in [0.29, 0.717) is 55.1 Å². The molecule has 0 atom stereocenters. The molecule has 4 amide bonds. The van der Waals surface area contributed by atoms with Crippen molar-refractivity contribution in [3.63, 3.8) is 0 Å². The number of hydrogen-bond donors (Lipinski definition) is 3. The number of imide groups is 1. The van der Waals surface area contributed by atoms with Crippen molar-refractivity contribution in [2.45, 2.75) is 44.9 Å². The lowest BCUT2D eigenvalue weighted by Gasteiger charge is -2.35. The Kier molecular flexibility index (Phi) is 9.74. The van der Waals surface area contributed by atoms with E-state index in [0.717, 1.165) is 19.7 Å². The summed E-state index contributed by atoms with van der Waals surface area (Å²) in [6.45, 7) is 5.07. The number of carbonyl (C=O) groups is 3. The molecule has 6 aromatic rings. The van der Waals surface area contributed by atoms with Gasteiger partial charge < -0.3 is 14.7 Å². The van der Waals surface area contributed by atoms with E-state index < -0.39 is 35.2 Å². The summed E-state index contributed by atoms with van der Waals surface area (Å²) < 4.78 is 62.0. The highest BCUT2D eigenvalue weighted by Crippen LogP contribution is 2.38. The van der Waals surface area contributed by atoms with Crippen molar-refractivity contribution in [1.82, 2.24) is 65.4 Å². The highest BCUT2D eigenvalue weighted by atomic mass is 19.4. The fraction of sp³-hybridized carbons (Fsp3) is 0.343. The van der Waals surface area contributed by atoms with Crippen molar-refractivity contribution in [1.29, 1.82) is 0 Å². The van der Waals surface area contributed by atoms with Crippen LogP contribution in [0.4, 0.5) is 33.9 Å². The molecule has 0 bridgehead atoms. The number of anilines is 2. The highest BCUT2D eigenvalue weighted by molar-refractivity contribution is 6.07. The fourth-order valence-electron chi connectivity index (χ4n) is 6.30. The Morgan fingerprint density at radius 1 is 0.966 bits per heavy atom. The maximum atomic E-state index is 15.3. The zero-order valence-electron chi connectivity index (χ0n) is 30.8. The first-order valence-electron chi connectivity index (χ1n) is 17.9. The number of nitrogens with one attached hydrogen (secondary N) is 3. The summed E-state index contributed by atoms with van der Waals surface area (Å²) in [7, 11) is 0. The average Bonchev–Trinajstić information content (AvgIpc) is 3.98. The van der Waals surface area contributed by atoms with Crippen molar-refractivity contribution >= 4 is 34.9 Å². The number of carbonyl (C=O) groups excluding carboxylic acids is 3. The van der Waals surface area contributed by atoms with E-state index in [1.54, 1.807) is 29.3 Å². The van der Waals surface area contributed by atoms with Gasteiger partial charge in [-0.25, -0.2) is 33.6 Å². The Labute approximate surface area is 324 Å². The minimum atomic E-state index is -4.57. The molecule has 8 heterocycles. The third-order valence-electron chi connectivity index (χ3n) is 9.82. The maximum absolute atomic E-state index is 15.3. The van der Waals surface area contributed by atoms with Crippen molar-refractivity contribution in [3.8, 4) is 22.8 Å². The van der Waals surface area contributed by atoms with Gasteiger partial charge >= 0.3 is 12.2 Å². The van der Waals surface area contributed by atoms with Crippen LogP contribution in [0.3, 0.4) is 0 Å². The van der Waals surface area contributed by atoms with Crippen LogP contribution in [0.1, 0.15) is 48.0 Å². The Bertz CT molecular complexity index is 2510. The first kappa shape index (κ1) is 38.0. The van der Waals surface area contributed by atoms with Gasteiger partial charge in [-0.3, -0.25) is 34.8 Å². The Morgan fingerprint density at radius 2 is 1.74 bits per heavy atom. The molecule has 19 nitrogen and oxygen atoms in total. The molecule has 58 heavy (non-hydrogen) atoms. The van der Waals surface area contributed by atoms with Gasteiger partial charge in [0.25, 0.3) is 5.91 Å². The van der Waals surface area contributed by atoms with Gasteiger partial charge in [0.15, 0.2) is 17.3 Å². The number of urea groups is 1. The van der Waals surface area contributed by atoms with Gasteiger partial charge in [-0.05, 0) is 25.5 Å². The van der Waals surface area contributed by atoms with E-state index in [1.807, 2.05) is 0 Å². The van der Waals surface area contributed by atoms with Crippen LogP contribution >= 0.6 is 0 Å². The van der Waals surface area contributed by atoms with Crippen LogP contribution < -0.4 is 20.4 Å². The Balaban J connectivity index is 0.835. The number of alkyl halides is 3. The molecule has 0 radical (unpaired) electrons. The lowest BCUT2D eigenvalue weighted by molar-refractivity contribution is -0.182. The Morgan fingerprint density at radius 3 is 2.47 bits per heavy atom. The van der Waals surface area contributed by atoms with E-state index in [1.165, 1.54) is 29.4 Å². The van der Waals surface area contributed by atoms with E-state index in [2.05, 4.69) is 65.8 Å². The zero-order valence-corrected chi connectivity index (χ0v) is 30.8. The number of aromatic amines is 1. The van der Waals surface area contributed by atoms with Crippen LogP contribution in [-0.2, 0) is 23.3 Å². The molecule has 0 spiro atoms. The van der Waals surface area contributed by atoms with E-state index in [-0.39, 0.29) is 54.2 Å². The molecule has 0 aromatic carbocycles. The zero-order chi connectivity index (χ0) is 40.8. The van der Waals surface area contributed by atoms with Gasteiger partial charge in [-0.15, -0.1) is 0 Å². The van der Waals surface area contributed by atoms with E-state index >= 15 is 4.39 Å². The lowest BCUT2D eigenvalue weighted by atomic mass is 9.92. The van der Waals surface area contributed by atoms with Crippen molar-refractivity contribution in [3.05, 3.63) is 78.1 Å². The number of aromatic nitrogens is 10. The number of nitrogens with zero attached hydrogens (tertiary/aromatic N) is 12. The van der Waals surface area contributed by atoms with Crippen LogP contribution in [0, 0.1) is 5.82 Å². The quantitative estimate of drug-likeness (QED) is 0.170.